The van der Waals surface area contributed by atoms with Crippen molar-refractivity contribution >= 4 is 45.8 Å². The van der Waals surface area contributed by atoms with Gasteiger partial charge in [0.15, 0.2) is 0 Å². The molecule has 0 amide bonds. The number of nitro groups is 1. The smallest absolute Gasteiger partial charge is 0.312 e. The molecule has 0 saturated carbocycles. The van der Waals surface area contributed by atoms with Gasteiger partial charge in [-0.2, -0.15) is 0 Å². The van der Waals surface area contributed by atoms with Gasteiger partial charge in [-0.3, -0.25) is 14.9 Å². The highest BCUT2D eigenvalue weighted by Gasteiger charge is 2.21. The van der Waals surface area contributed by atoms with Gasteiger partial charge in [-0.25, -0.2) is 4.98 Å². The van der Waals surface area contributed by atoms with Crippen molar-refractivity contribution in [1.29, 1.82) is 0 Å². The number of esters is 1. The molecular weight excluding hydrogens is 362 g/mol. The Morgan fingerprint density at radius 1 is 1.71 bits per heavy atom. The van der Waals surface area contributed by atoms with Crippen molar-refractivity contribution in [3.8, 4) is 0 Å². The molecule has 1 aromatic rings. The molecule has 0 fully saturated rings. The van der Waals surface area contributed by atoms with Crippen LogP contribution in [0.2, 0.25) is 5.02 Å². The van der Waals surface area contributed by atoms with Gasteiger partial charge in [0, 0.05) is 6.07 Å². The monoisotopic (exact) mass is 370 g/mol. The number of nitrogens with zero attached hydrogens (tertiary/aromatic N) is 2. The fourth-order valence-electron chi connectivity index (χ4n) is 1.13. The Bertz CT molecular complexity index is 467. The summed E-state index contributed by atoms with van der Waals surface area (Å²) in [5.41, 5.74) is -0.217. The third-order valence-electron chi connectivity index (χ3n) is 1.80. The van der Waals surface area contributed by atoms with Crippen LogP contribution in [0.1, 0.15) is 12.6 Å². The summed E-state index contributed by atoms with van der Waals surface area (Å²) in [4.78, 5) is 25.3. The number of aromatic nitrogens is 1. The maximum Gasteiger partial charge on any atom is 0.312 e. The molecule has 0 atom stereocenters. The van der Waals surface area contributed by atoms with E-state index in [0.717, 1.165) is 0 Å². The number of halogens is 2. The lowest BCUT2D eigenvalue weighted by atomic mass is 10.2. The van der Waals surface area contributed by atoms with Crippen molar-refractivity contribution in [3.05, 3.63) is 30.6 Å². The molecule has 0 radical (unpaired) electrons. The van der Waals surface area contributed by atoms with Gasteiger partial charge in [0.1, 0.15) is 9.39 Å². The Morgan fingerprint density at radius 3 is 2.88 bits per heavy atom. The van der Waals surface area contributed by atoms with Gasteiger partial charge in [-0.15, -0.1) is 0 Å². The van der Waals surface area contributed by atoms with Crippen LogP contribution in [-0.4, -0.2) is 22.5 Å². The maximum absolute atomic E-state index is 11.3. The van der Waals surface area contributed by atoms with E-state index in [0.29, 0.717) is 3.70 Å². The van der Waals surface area contributed by atoms with E-state index in [-0.39, 0.29) is 29.4 Å². The van der Waals surface area contributed by atoms with Gasteiger partial charge >= 0.3 is 5.97 Å². The Hall–Kier alpha value is -0.960. The van der Waals surface area contributed by atoms with Crippen LogP contribution in [0.5, 0.6) is 0 Å². The summed E-state index contributed by atoms with van der Waals surface area (Å²) in [7, 11) is 0. The predicted octanol–water partition coefficient (Wildman–Crippen LogP) is 2.35. The Balaban J connectivity index is 3.08. The fourth-order valence-corrected chi connectivity index (χ4v) is 1.72. The van der Waals surface area contributed by atoms with Crippen molar-refractivity contribution in [2.24, 2.45) is 0 Å². The molecule has 8 heteroatoms. The van der Waals surface area contributed by atoms with Gasteiger partial charge in [0.2, 0.25) is 0 Å². The number of ether oxygens (including phenoxy) is 1. The highest BCUT2D eigenvalue weighted by atomic mass is 127. The van der Waals surface area contributed by atoms with Gasteiger partial charge in [-0.05, 0) is 29.5 Å². The second-order valence-electron chi connectivity index (χ2n) is 2.97. The van der Waals surface area contributed by atoms with Gasteiger partial charge in [0.05, 0.1) is 23.0 Å². The van der Waals surface area contributed by atoms with Crippen LogP contribution in [-0.2, 0) is 16.0 Å². The van der Waals surface area contributed by atoms with E-state index in [9.17, 15) is 14.9 Å². The molecule has 92 valence electrons. The minimum absolute atomic E-state index is 0.0576. The predicted molar refractivity (Wildman–Crippen MR) is 69.0 cm³/mol. The normalized spacial score (nSPS) is 10.1. The molecule has 0 aromatic carbocycles. The van der Waals surface area contributed by atoms with E-state index in [1.807, 2.05) is 22.6 Å². The Kier molecular flexibility index (Phi) is 5.06. The van der Waals surface area contributed by atoms with E-state index in [1.54, 1.807) is 6.92 Å². The molecule has 0 spiro atoms. The summed E-state index contributed by atoms with van der Waals surface area (Å²) in [6.07, 6.45) is -0.239. The lowest BCUT2D eigenvalue weighted by Crippen LogP contribution is -2.11. The molecule has 1 rings (SSSR count). The highest BCUT2D eigenvalue weighted by molar-refractivity contribution is 14.1. The summed E-state index contributed by atoms with van der Waals surface area (Å²) in [5.74, 6) is -0.554. The van der Waals surface area contributed by atoms with E-state index in [4.69, 9.17) is 16.3 Å². The zero-order valence-electron chi connectivity index (χ0n) is 8.77. The van der Waals surface area contributed by atoms with Gasteiger partial charge in [0.25, 0.3) is 5.69 Å². The number of hydrogen-bond acceptors (Lipinski definition) is 5. The Labute approximate surface area is 116 Å². The molecule has 17 heavy (non-hydrogen) atoms. The molecule has 0 bridgehead atoms. The second kappa shape index (κ2) is 6.10. The lowest BCUT2D eigenvalue weighted by Gasteiger charge is -2.04. The number of pyridine rings is 1. The average Bonchev–Trinajstić information content (AvgIpc) is 2.23. The molecule has 1 heterocycles. The van der Waals surface area contributed by atoms with Gasteiger partial charge < -0.3 is 4.74 Å². The summed E-state index contributed by atoms with van der Waals surface area (Å²) < 4.78 is 5.12. The van der Waals surface area contributed by atoms with Crippen LogP contribution >= 0.6 is 34.2 Å². The quantitative estimate of drug-likeness (QED) is 0.267. The number of carbonyl (C=O) groups excluding carboxylic acids is 1. The fraction of sp³-hybridized carbons (Fsp3) is 0.333. The molecule has 0 N–H and O–H groups in total. The van der Waals surface area contributed by atoms with Crippen molar-refractivity contribution in [2.75, 3.05) is 6.61 Å². The number of hydrogen-bond donors (Lipinski definition) is 0. The van der Waals surface area contributed by atoms with Crippen LogP contribution in [0.15, 0.2) is 6.07 Å². The number of rotatable bonds is 4. The van der Waals surface area contributed by atoms with Crippen LogP contribution in [0.25, 0.3) is 0 Å². The van der Waals surface area contributed by atoms with Crippen LogP contribution in [0.4, 0.5) is 5.69 Å². The minimum atomic E-state index is -0.622. The van der Waals surface area contributed by atoms with E-state index >= 15 is 0 Å². The molecular formula is C9H8ClIN2O4. The molecule has 0 aliphatic rings. The second-order valence-corrected chi connectivity index (χ2v) is 4.39. The zero-order valence-corrected chi connectivity index (χ0v) is 11.7. The summed E-state index contributed by atoms with van der Waals surface area (Å²) >= 11 is 7.58. The Morgan fingerprint density at radius 2 is 2.35 bits per heavy atom. The first-order chi connectivity index (χ1) is 7.95. The molecule has 0 aliphatic heterocycles. The molecule has 0 aliphatic carbocycles. The van der Waals surface area contributed by atoms with Crippen molar-refractivity contribution in [3.63, 3.8) is 0 Å². The average molecular weight is 371 g/mol. The summed E-state index contributed by atoms with van der Waals surface area (Å²) in [6.45, 7) is 1.88. The third kappa shape index (κ3) is 3.77. The first kappa shape index (κ1) is 14.1. The topological polar surface area (TPSA) is 82.3 Å². The zero-order chi connectivity index (χ0) is 13.0. The lowest BCUT2D eigenvalue weighted by molar-refractivity contribution is -0.385. The molecule has 6 nitrogen and oxygen atoms in total. The van der Waals surface area contributed by atoms with Crippen molar-refractivity contribution in [2.45, 2.75) is 13.3 Å². The maximum atomic E-state index is 11.3. The van der Waals surface area contributed by atoms with Crippen LogP contribution in [0.3, 0.4) is 0 Å². The van der Waals surface area contributed by atoms with Gasteiger partial charge in [-0.1, -0.05) is 11.6 Å². The SMILES string of the molecule is CCOC(=O)Cc1nc(I)c(Cl)cc1[N+](=O)[O-]. The van der Waals surface area contributed by atoms with Crippen LogP contribution < -0.4 is 0 Å². The third-order valence-corrected chi connectivity index (χ3v) is 3.23. The summed E-state index contributed by atoms with van der Waals surface area (Å²) in [6, 6.07) is 1.19. The minimum Gasteiger partial charge on any atom is -0.466 e. The van der Waals surface area contributed by atoms with Crippen LogP contribution in [0, 0.1) is 13.8 Å². The summed E-state index contributed by atoms with van der Waals surface area (Å²) in [5, 5.41) is 11.0. The molecule has 1 aromatic heterocycles. The molecule has 0 unspecified atom stereocenters. The standard InChI is InChI=1S/C9H8ClIN2O4/c1-2-17-8(14)4-6-7(13(15)16)3-5(10)9(11)12-6/h3H,2,4H2,1H3. The van der Waals surface area contributed by atoms with E-state index < -0.39 is 10.9 Å². The van der Waals surface area contributed by atoms with E-state index in [2.05, 4.69) is 4.98 Å². The van der Waals surface area contributed by atoms with E-state index in [1.165, 1.54) is 6.07 Å². The highest BCUT2D eigenvalue weighted by Crippen LogP contribution is 2.25. The van der Waals surface area contributed by atoms with Crippen molar-refractivity contribution in [1.82, 2.24) is 4.98 Å². The largest absolute Gasteiger partial charge is 0.466 e. The first-order valence-electron chi connectivity index (χ1n) is 4.60. The number of carbonyl (C=O) groups is 1. The first-order valence-corrected chi connectivity index (χ1v) is 6.06. The molecule has 0 saturated heterocycles. The van der Waals surface area contributed by atoms with Crippen molar-refractivity contribution < 1.29 is 14.5 Å².